The van der Waals surface area contributed by atoms with Crippen molar-refractivity contribution in [2.45, 2.75) is 51.2 Å². The predicted molar refractivity (Wildman–Crippen MR) is 136 cm³/mol. The van der Waals surface area contributed by atoms with E-state index in [1.165, 1.54) is 3.97 Å². The van der Waals surface area contributed by atoms with Crippen molar-refractivity contribution in [2.75, 3.05) is 24.5 Å². The number of carbonyl (C=O) groups is 1. The highest BCUT2D eigenvalue weighted by Gasteiger charge is 2.32. The number of halogens is 1. The van der Waals surface area contributed by atoms with Gasteiger partial charge in [-0.05, 0) is 68.7 Å². The average molecular weight is 549 g/mol. The Morgan fingerprint density at radius 3 is 2.44 bits per heavy atom. The first-order chi connectivity index (χ1) is 15.9. The van der Waals surface area contributed by atoms with Crippen LogP contribution in [-0.2, 0) is 14.8 Å². The summed E-state index contributed by atoms with van der Waals surface area (Å²) >= 11 is 3.56. The minimum Gasteiger partial charge on any atom is -0.444 e. The quantitative estimate of drug-likeness (QED) is 0.467. The van der Waals surface area contributed by atoms with Crippen LogP contribution in [0, 0.1) is 6.92 Å². The van der Waals surface area contributed by atoms with E-state index in [2.05, 4.69) is 25.8 Å². The molecule has 1 amide bonds. The number of carbonyl (C=O) groups excluding carboxylic acids is 1. The van der Waals surface area contributed by atoms with Crippen LogP contribution in [0.25, 0.3) is 10.9 Å². The van der Waals surface area contributed by atoms with Gasteiger partial charge >= 0.3 is 6.09 Å². The van der Waals surface area contributed by atoms with Crippen LogP contribution < -0.4 is 4.90 Å². The Morgan fingerprint density at radius 2 is 1.82 bits per heavy atom. The molecular formula is C24H29BrN4O4S. The number of rotatable bonds is 3. The summed E-state index contributed by atoms with van der Waals surface area (Å²) in [5.41, 5.74) is 0.976. The average Bonchev–Trinajstić information content (AvgIpc) is 3.10. The van der Waals surface area contributed by atoms with Gasteiger partial charge in [0.1, 0.15) is 11.4 Å². The molecule has 0 bridgehead atoms. The zero-order valence-electron chi connectivity index (χ0n) is 19.9. The molecule has 1 aliphatic rings. The fraction of sp³-hybridized carbons (Fsp3) is 0.417. The largest absolute Gasteiger partial charge is 0.444 e. The molecule has 3 aromatic rings. The van der Waals surface area contributed by atoms with E-state index < -0.39 is 15.6 Å². The van der Waals surface area contributed by atoms with E-state index in [0.29, 0.717) is 35.4 Å². The van der Waals surface area contributed by atoms with Gasteiger partial charge < -0.3 is 14.5 Å². The molecule has 3 heterocycles. The number of piperazine rings is 1. The van der Waals surface area contributed by atoms with E-state index in [-0.39, 0.29) is 17.0 Å². The lowest BCUT2D eigenvalue weighted by molar-refractivity contribution is 0.0218. The number of ether oxygens (including phenoxy) is 1. The fourth-order valence-corrected chi connectivity index (χ4v) is 6.18. The summed E-state index contributed by atoms with van der Waals surface area (Å²) in [6, 6.07) is 8.47. The highest BCUT2D eigenvalue weighted by molar-refractivity contribution is 9.10. The zero-order valence-corrected chi connectivity index (χ0v) is 22.4. The number of aryl methyl sites for hydroxylation is 1. The number of anilines is 1. The van der Waals surface area contributed by atoms with Crippen LogP contribution in [-0.4, -0.2) is 59.6 Å². The summed E-state index contributed by atoms with van der Waals surface area (Å²) in [6.45, 7) is 11.0. The van der Waals surface area contributed by atoms with Gasteiger partial charge in [-0.25, -0.2) is 22.2 Å². The van der Waals surface area contributed by atoms with Crippen LogP contribution in [0.1, 0.15) is 33.3 Å². The number of pyridine rings is 1. The van der Waals surface area contributed by atoms with Crippen LogP contribution in [0.4, 0.5) is 10.6 Å². The molecule has 1 saturated heterocycles. The molecular weight excluding hydrogens is 520 g/mol. The summed E-state index contributed by atoms with van der Waals surface area (Å²) in [6.07, 6.45) is 2.87. The molecule has 8 nitrogen and oxygen atoms in total. The fourth-order valence-electron chi connectivity index (χ4n) is 4.10. The number of hydrogen-bond acceptors (Lipinski definition) is 6. The highest BCUT2D eigenvalue weighted by atomic mass is 79.9. The van der Waals surface area contributed by atoms with Crippen molar-refractivity contribution < 1.29 is 17.9 Å². The maximum Gasteiger partial charge on any atom is 0.410 e. The second-order valence-corrected chi connectivity index (χ2v) is 12.3. The molecule has 0 radical (unpaired) electrons. The predicted octanol–water partition coefficient (Wildman–Crippen LogP) is 4.79. The smallest absolute Gasteiger partial charge is 0.410 e. The van der Waals surface area contributed by atoms with Gasteiger partial charge in [-0.1, -0.05) is 17.7 Å². The Morgan fingerprint density at radius 1 is 1.15 bits per heavy atom. The maximum absolute atomic E-state index is 13.4. The lowest BCUT2D eigenvalue weighted by Crippen LogP contribution is -2.54. The van der Waals surface area contributed by atoms with Crippen molar-refractivity contribution in [1.29, 1.82) is 0 Å². The van der Waals surface area contributed by atoms with Crippen molar-refractivity contribution >= 4 is 48.8 Å². The molecule has 2 aromatic heterocycles. The first kappa shape index (κ1) is 24.5. The molecule has 10 heteroatoms. The molecule has 1 aromatic carbocycles. The first-order valence-electron chi connectivity index (χ1n) is 11.1. The molecule has 34 heavy (non-hydrogen) atoms. The van der Waals surface area contributed by atoms with E-state index in [9.17, 15) is 13.2 Å². The number of amides is 1. The van der Waals surface area contributed by atoms with Gasteiger partial charge in [0.25, 0.3) is 10.0 Å². The topological polar surface area (TPSA) is 84.7 Å². The van der Waals surface area contributed by atoms with Crippen LogP contribution in [0.15, 0.2) is 52.1 Å². The number of hydrogen-bond donors (Lipinski definition) is 0. The van der Waals surface area contributed by atoms with Crippen molar-refractivity contribution in [3.63, 3.8) is 0 Å². The Balaban J connectivity index is 1.68. The van der Waals surface area contributed by atoms with E-state index in [1.54, 1.807) is 47.6 Å². The normalized spacial score (nSPS) is 17.3. The number of nitrogens with zero attached hydrogens (tertiary/aromatic N) is 4. The molecule has 0 N–H and O–H groups in total. The van der Waals surface area contributed by atoms with E-state index in [1.807, 2.05) is 34.6 Å². The van der Waals surface area contributed by atoms with Crippen LogP contribution in [0.5, 0.6) is 0 Å². The number of fused-ring (bicyclic) bond motifs is 1. The maximum atomic E-state index is 13.4. The van der Waals surface area contributed by atoms with Gasteiger partial charge in [0.15, 0.2) is 0 Å². The SMILES string of the molecule is Cc1ccc(S(=O)(=O)n2cc(Br)c3c(N4CCN(C(=O)OC(C)(C)C)C[C@@H]4C)nccc32)cc1. The van der Waals surface area contributed by atoms with Crippen molar-refractivity contribution in [1.82, 2.24) is 13.9 Å². The third-order valence-corrected chi connectivity index (χ3v) is 8.03. The molecule has 0 saturated carbocycles. The van der Waals surface area contributed by atoms with Gasteiger partial charge in [0.2, 0.25) is 0 Å². The minimum atomic E-state index is -3.79. The second-order valence-electron chi connectivity index (χ2n) is 9.59. The Labute approximate surface area is 208 Å². The van der Waals surface area contributed by atoms with Gasteiger partial charge in [-0.3, -0.25) is 0 Å². The Hall–Kier alpha value is -2.59. The standard InChI is InChI=1S/C24H29BrN4O4S/c1-16-6-8-18(9-7-16)34(31,32)29-15-19(25)21-20(29)10-11-26-22(21)28-13-12-27(14-17(28)2)23(30)33-24(3,4)5/h6-11,15,17H,12-14H2,1-5H3/t17-/m0/s1. The lowest BCUT2D eigenvalue weighted by atomic mass is 10.1. The van der Waals surface area contributed by atoms with E-state index in [4.69, 9.17) is 4.74 Å². The van der Waals surface area contributed by atoms with Crippen LogP contribution in [0.3, 0.4) is 0 Å². The summed E-state index contributed by atoms with van der Waals surface area (Å²) in [5, 5.41) is 0.718. The van der Waals surface area contributed by atoms with Crippen LogP contribution in [0.2, 0.25) is 0 Å². The lowest BCUT2D eigenvalue weighted by Gasteiger charge is -2.41. The minimum absolute atomic E-state index is 0.0386. The molecule has 1 fully saturated rings. The van der Waals surface area contributed by atoms with Gasteiger partial charge in [0.05, 0.1) is 15.8 Å². The molecule has 182 valence electrons. The van der Waals surface area contributed by atoms with Gasteiger partial charge in [-0.15, -0.1) is 0 Å². The van der Waals surface area contributed by atoms with E-state index in [0.717, 1.165) is 10.9 Å². The molecule has 0 spiro atoms. The van der Waals surface area contributed by atoms with Gasteiger partial charge in [-0.2, -0.15) is 0 Å². The molecule has 1 aliphatic heterocycles. The van der Waals surface area contributed by atoms with Crippen molar-refractivity contribution in [3.8, 4) is 0 Å². The Kier molecular flexibility index (Phi) is 6.41. The molecule has 0 unspecified atom stereocenters. The zero-order chi connectivity index (χ0) is 24.8. The highest BCUT2D eigenvalue weighted by Crippen LogP contribution is 2.36. The second kappa shape index (κ2) is 8.88. The van der Waals surface area contributed by atoms with E-state index >= 15 is 0 Å². The van der Waals surface area contributed by atoms with Crippen molar-refractivity contribution in [2.24, 2.45) is 0 Å². The van der Waals surface area contributed by atoms with Crippen molar-refractivity contribution in [3.05, 3.63) is 52.8 Å². The molecule has 4 rings (SSSR count). The summed E-state index contributed by atoms with van der Waals surface area (Å²) in [4.78, 5) is 21.2. The van der Waals surface area contributed by atoms with Gasteiger partial charge in [0, 0.05) is 42.5 Å². The monoisotopic (exact) mass is 548 g/mol. The number of benzene rings is 1. The molecule has 0 aliphatic carbocycles. The molecule has 1 atom stereocenters. The van der Waals surface area contributed by atoms with Crippen LogP contribution >= 0.6 is 15.9 Å². The third-order valence-electron chi connectivity index (χ3n) is 5.74. The summed E-state index contributed by atoms with van der Waals surface area (Å²) in [5.74, 6) is 0.679. The Bertz CT molecular complexity index is 1330. The summed E-state index contributed by atoms with van der Waals surface area (Å²) < 4.78 is 34.3. The first-order valence-corrected chi connectivity index (χ1v) is 13.3. The summed E-state index contributed by atoms with van der Waals surface area (Å²) in [7, 11) is -3.79. The number of aromatic nitrogens is 2. The third kappa shape index (κ3) is 4.65.